The van der Waals surface area contributed by atoms with Gasteiger partial charge in [0.15, 0.2) is 5.71 Å². The zero-order valence-electron chi connectivity index (χ0n) is 15.5. The Balaban J connectivity index is 2.25. The van der Waals surface area contributed by atoms with E-state index in [0.29, 0.717) is 0 Å². The quantitative estimate of drug-likeness (QED) is 0.663. The maximum absolute atomic E-state index is 6.22. The fourth-order valence-electron chi connectivity index (χ4n) is 3.93. The highest BCUT2D eigenvalue weighted by Crippen LogP contribution is 2.34. The SMILES string of the molecule is CC1=C(c2ccccc2)C(C)=[N+](c2c(C)cc(C)cc2C)C(C)O1. The van der Waals surface area contributed by atoms with Crippen LogP contribution in [0, 0.1) is 20.8 Å². The van der Waals surface area contributed by atoms with Crippen molar-refractivity contribution >= 4 is 17.0 Å². The highest BCUT2D eigenvalue weighted by atomic mass is 16.5. The number of aryl methyl sites for hydroxylation is 3. The van der Waals surface area contributed by atoms with Gasteiger partial charge in [0.1, 0.15) is 5.76 Å². The molecule has 0 fully saturated rings. The van der Waals surface area contributed by atoms with E-state index in [9.17, 15) is 0 Å². The van der Waals surface area contributed by atoms with Crippen molar-refractivity contribution in [1.29, 1.82) is 0 Å². The summed E-state index contributed by atoms with van der Waals surface area (Å²) in [4.78, 5) is 0. The van der Waals surface area contributed by atoms with Gasteiger partial charge in [0.05, 0.1) is 5.57 Å². The van der Waals surface area contributed by atoms with E-state index < -0.39 is 0 Å². The van der Waals surface area contributed by atoms with Gasteiger partial charge in [0.25, 0.3) is 6.23 Å². The van der Waals surface area contributed by atoms with Crippen LogP contribution in [0.1, 0.15) is 43.0 Å². The van der Waals surface area contributed by atoms with Gasteiger partial charge in [-0.15, -0.1) is 0 Å². The van der Waals surface area contributed by atoms with Crippen molar-refractivity contribution in [2.75, 3.05) is 0 Å². The predicted octanol–water partition coefficient (Wildman–Crippen LogP) is 5.52. The topological polar surface area (TPSA) is 12.2 Å². The molecular formula is C22H26NO+. The first-order valence-electron chi connectivity index (χ1n) is 8.54. The molecule has 0 N–H and O–H groups in total. The lowest BCUT2D eigenvalue weighted by molar-refractivity contribution is -0.535. The Labute approximate surface area is 145 Å². The van der Waals surface area contributed by atoms with Gasteiger partial charge in [-0.05, 0) is 45.4 Å². The van der Waals surface area contributed by atoms with Crippen LogP contribution in [0.4, 0.5) is 5.69 Å². The molecular weight excluding hydrogens is 294 g/mol. The second-order valence-corrected chi connectivity index (χ2v) is 6.72. The van der Waals surface area contributed by atoms with Gasteiger partial charge in [-0.25, -0.2) is 0 Å². The predicted molar refractivity (Wildman–Crippen MR) is 101 cm³/mol. The van der Waals surface area contributed by atoms with Crippen LogP contribution in [-0.4, -0.2) is 16.5 Å². The van der Waals surface area contributed by atoms with Gasteiger partial charge in [0, 0.05) is 25.0 Å². The van der Waals surface area contributed by atoms with Gasteiger partial charge in [-0.3, -0.25) is 0 Å². The molecule has 2 aromatic rings. The van der Waals surface area contributed by atoms with E-state index in [1.54, 1.807) is 0 Å². The molecule has 0 aliphatic carbocycles. The third kappa shape index (κ3) is 2.77. The Kier molecular flexibility index (Phi) is 4.31. The first kappa shape index (κ1) is 16.5. The van der Waals surface area contributed by atoms with Crippen LogP contribution >= 0.6 is 0 Å². The molecule has 0 saturated heterocycles. The number of benzene rings is 2. The Hall–Kier alpha value is -2.35. The van der Waals surface area contributed by atoms with Crippen LogP contribution in [0.5, 0.6) is 0 Å². The smallest absolute Gasteiger partial charge is 0.299 e. The molecule has 0 saturated carbocycles. The summed E-state index contributed by atoms with van der Waals surface area (Å²) in [5.41, 5.74) is 8.76. The molecule has 0 bridgehead atoms. The minimum Gasteiger partial charge on any atom is -0.438 e. The minimum absolute atomic E-state index is 0.0161. The Morgan fingerprint density at radius 2 is 1.46 bits per heavy atom. The number of hydrogen-bond acceptors (Lipinski definition) is 1. The Morgan fingerprint density at radius 1 is 0.875 bits per heavy atom. The first-order valence-corrected chi connectivity index (χ1v) is 8.54. The highest BCUT2D eigenvalue weighted by Gasteiger charge is 2.34. The van der Waals surface area contributed by atoms with E-state index in [2.05, 4.69) is 82.5 Å². The van der Waals surface area contributed by atoms with E-state index in [0.717, 1.165) is 5.76 Å². The van der Waals surface area contributed by atoms with Crippen molar-refractivity contribution in [3.63, 3.8) is 0 Å². The number of rotatable bonds is 2. The minimum atomic E-state index is -0.0161. The summed E-state index contributed by atoms with van der Waals surface area (Å²) in [6.45, 7) is 12.9. The molecule has 2 nitrogen and oxygen atoms in total. The molecule has 0 amide bonds. The van der Waals surface area contributed by atoms with Gasteiger partial charge in [-0.2, -0.15) is 4.58 Å². The third-order valence-corrected chi connectivity index (χ3v) is 4.72. The number of ether oxygens (including phenoxy) is 1. The average Bonchev–Trinajstić information content (AvgIpc) is 2.50. The van der Waals surface area contributed by atoms with Gasteiger partial charge >= 0.3 is 0 Å². The lowest BCUT2D eigenvalue weighted by Crippen LogP contribution is -2.33. The zero-order valence-corrected chi connectivity index (χ0v) is 15.5. The summed E-state index contributed by atoms with van der Waals surface area (Å²) in [7, 11) is 0. The van der Waals surface area contributed by atoms with Crippen molar-refractivity contribution in [3.05, 3.63) is 70.5 Å². The van der Waals surface area contributed by atoms with Crippen LogP contribution in [-0.2, 0) is 4.74 Å². The number of nitrogens with zero attached hydrogens (tertiary/aromatic N) is 1. The fraction of sp³-hybridized carbons (Fsp3) is 0.318. The number of hydrogen-bond donors (Lipinski definition) is 0. The van der Waals surface area contributed by atoms with Crippen molar-refractivity contribution in [3.8, 4) is 0 Å². The van der Waals surface area contributed by atoms with Gasteiger partial charge < -0.3 is 4.74 Å². The Morgan fingerprint density at radius 3 is 2.04 bits per heavy atom. The van der Waals surface area contributed by atoms with Crippen molar-refractivity contribution in [2.24, 2.45) is 0 Å². The molecule has 0 spiro atoms. The zero-order chi connectivity index (χ0) is 17.4. The summed E-state index contributed by atoms with van der Waals surface area (Å²) >= 11 is 0. The second kappa shape index (κ2) is 6.27. The Bertz CT molecular complexity index is 821. The molecule has 0 aromatic heterocycles. The fourth-order valence-corrected chi connectivity index (χ4v) is 3.93. The summed E-state index contributed by atoms with van der Waals surface area (Å²) < 4.78 is 8.55. The van der Waals surface area contributed by atoms with Crippen LogP contribution < -0.4 is 0 Å². The lowest BCUT2D eigenvalue weighted by Gasteiger charge is -2.25. The van der Waals surface area contributed by atoms with Crippen molar-refractivity contribution < 1.29 is 9.31 Å². The van der Waals surface area contributed by atoms with Gasteiger partial charge in [0.2, 0.25) is 5.69 Å². The van der Waals surface area contributed by atoms with Crippen molar-refractivity contribution in [2.45, 2.75) is 47.8 Å². The molecule has 2 aromatic carbocycles. The normalized spacial score (nSPS) is 18.0. The van der Waals surface area contributed by atoms with Crippen molar-refractivity contribution in [1.82, 2.24) is 0 Å². The molecule has 2 heteroatoms. The summed E-state index contributed by atoms with van der Waals surface area (Å²) in [6, 6.07) is 15.0. The third-order valence-electron chi connectivity index (χ3n) is 4.72. The van der Waals surface area contributed by atoms with E-state index in [-0.39, 0.29) is 6.23 Å². The molecule has 1 atom stereocenters. The summed E-state index contributed by atoms with van der Waals surface area (Å²) in [6.07, 6.45) is -0.0161. The number of allylic oxidation sites excluding steroid dienone is 2. The first-order chi connectivity index (χ1) is 11.4. The lowest BCUT2D eigenvalue weighted by atomic mass is 9.97. The molecule has 1 unspecified atom stereocenters. The second-order valence-electron chi connectivity index (χ2n) is 6.72. The van der Waals surface area contributed by atoms with E-state index in [1.165, 1.54) is 39.2 Å². The monoisotopic (exact) mass is 320 g/mol. The molecule has 0 radical (unpaired) electrons. The van der Waals surface area contributed by atoms with E-state index in [1.807, 2.05) is 6.07 Å². The molecule has 1 aliphatic heterocycles. The maximum atomic E-state index is 6.22. The molecule has 1 heterocycles. The largest absolute Gasteiger partial charge is 0.438 e. The molecule has 3 rings (SSSR count). The summed E-state index contributed by atoms with van der Waals surface area (Å²) in [5, 5.41) is 0. The van der Waals surface area contributed by atoms with Crippen LogP contribution in [0.15, 0.2) is 48.2 Å². The molecule has 1 aliphatic rings. The average molecular weight is 320 g/mol. The van der Waals surface area contributed by atoms with Crippen LogP contribution in [0.25, 0.3) is 5.57 Å². The van der Waals surface area contributed by atoms with Gasteiger partial charge in [-0.1, -0.05) is 35.9 Å². The molecule has 124 valence electrons. The maximum Gasteiger partial charge on any atom is 0.299 e. The van der Waals surface area contributed by atoms with Crippen LogP contribution in [0.2, 0.25) is 0 Å². The van der Waals surface area contributed by atoms with E-state index in [4.69, 9.17) is 4.74 Å². The van der Waals surface area contributed by atoms with E-state index >= 15 is 0 Å². The summed E-state index contributed by atoms with van der Waals surface area (Å²) in [5.74, 6) is 0.991. The highest BCUT2D eigenvalue weighted by molar-refractivity contribution is 6.21. The molecule has 24 heavy (non-hydrogen) atoms. The standard InChI is InChI=1S/C22H26NO/c1-14-12-15(2)22(16(3)13-14)23-17(4)21(18(5)24-19(23)6)20-10-8-7-9-11-20/h7-13,19H,1-6H3/q+1. The van der Waals surface area contributed by atoms with Crippen LogP contribution in [0.3, 0.4) is 0 Å².